The second-order valence-electron chi connectivity index (χ2n) is 5.91. The van der Waals surface area contributed by atoms with Crippen LogP contribution in [0.2, 0.25) is 10.0 Å². The number of thioether (sulfide) groups is 1. The Bertz CT molecular complexity index is 927. The molecular weight excluding hydrogens is 391 g/mol. The number of pyridine rings is 1. The summed E-state index contributed by atoms with van der Waals surface area (Å²) < 4.78 is 1.69. The zero-order valence-electron chi connectivity index (χ0n) is 14.4. The molecular formula is C18H18Cl2N4OS. The SMILES string of the molecule is CC[C@@H](NC(=O)CSc1nnc2c(Cl)cc(Cl)cn12)c1ccc(C)cc1. The molecule has 0 radical (unpaired) electrons. The van der Waals surface area contributed by atoms with Crippen LogP contribution in [0.15, 0.2) is 41.7 Å². The highest BCUT2D eigenvalue weighted by Crippen LogP contribution is 2.25. The first-order valence-electron chi connectivity index (χ1n) is 8.16. The number of nitrogens with zero attached hydrogens (tertiary/aromatic N) is 3. The summed E-state index contributed by atoms with van der Waals surface area (Å²) in [5, 5.41) is 12.7. The van der Waals surface area contributed by atoms with Crippen LogP contribution < -0.4 is 5.32 Å². The topological polar surface area (TPSA) is 59.3 Å². The standard InChI is InChI=1S/C18H18Cl2N4OS/c1-3-15(12-6-4-11(2)5-7-12)21-16(25)10-26-18-23-22-17-14(20)8-13(19)9-24(17)18/h4-9,15H,3,10H2,1-2H3,(H,21,25)/t15-/m1/s1. The zero-order chi connectivity index (χ0) is 18.7. The van der Waals surface area contributed by atoms with Gasteiger partial charge in [-0.15, -0.1) is 10.2 Å². The number of amides is 1. The Morgan fingerprint density at radius 3 is 2.69 bits per heavy atom. The third kappa shape index (κ3) is 4.31. The minimum absolute atomic E-state index is 0.0114. The van der Waals surface area contributed by atoms with E-state index in [1.165, 1.54) is 17.3 Å². The molecule has 0 spiro atoms. The van der Waals surface area contributed by atoms with Crippen molar-refractivity contribution in [3.05, 3.63) is 57.7 Å². The minimum atomic E-state index is -0.0627. The molecule has 136 valence electrons. The van der Waals surface area contributed by atoms with Crippen molar-refractivity contribution in [2.45, 2.75) is 31.5 Å². The normalized spacial score (nSPS) is 12.3. The number of hydrogen-bond acceptors (Lipinski definition) is 4. The van der Waals surface area contributed by atoms with Crippen LogP contribution in [-0.2, 0) is 4.79 Å². The van der Waals surface area contributed by atoms with Gasteiger partial charge < -0.3 is 5.32 Å². The van der Waals surface area contributed by atoms with Crippen LogP contribution in [0.25, 0.3) is 5.65 Å². The molecule has 0 fully saturated rings. The fourth-order valence-corrected chi connectivity index (χ4v) is 3.82. The van der Waals surface area contributed by atoms with Crippen LogP contribution in [0.5, 0.6) is 0 Å². The summed E-state index contributed by atoms with van der Waals surface area (Å²) in [7, 11) is 0. The van der Waals surface area contributed by atoms with Crippen LogP contribution >= 0.6 is 35.0 Å². The first-order chi connectivity index (χ1) is 12.5. The molecule has 1 N–H and O–H groups in total. The number of hydrogen-bond donors (Lipinski definition) is 1. The molecule has 0 bridgehead atoms. The van der Waals surface area contributed by atoms with Gasteiger partial charge in [0.05, 0.1) is 21.8 Å². The van der Waals surface area contributed by atoms with E-state index in [-0.39, 0.29) is 17.7 Å². The fourth-order valence-electron chi connectivity index (χ4n) is 2.59. The smallest absolute Gasteiger partial charge is 0.230 e. The summed E-state index contributed by atoms with van der Waals surface area (Å²) in [6, 6.07) is 9.80. The number of carbonyl (C=O) groups is 1. The third-order valence-corrected chi connectivity index (χ3v) is 5.38. The molecule has 0 aliphatic carbocycles. The van der Waals surface area contributed by atoms with E-state index in [4.69, 9.17) is 23.2 Å². The monoisotopic (exact) mass is 408 g/mol. The number of carbonyl (C=O) groups excluding carboxylic acids is 1. The van der Waals surface area contributed by atoms with Gasteiger partial charge in [0.25, 0.3) is 0 Å². The summed E-state index contributed by atoms with van der Waals surface area (Å²) in [6.45, 7) is 4.09. The van der Waals surface area contributed by atoms with Gasteiger partial charge in [0.1, 0.15) is 0 Å². The average Bonchev–Trinajstić information content (AvgIpc) is 3.02. The Morgan fingerprint density at radius 2 is 2.00 bits per heavy atom. The maximum Gasteiger partial charge on any atom is 0.230 e. The van der Waals surface area contributed by atoms with E-state index in [0.29, 0.717) is 20.8 Å². The Labute approximate surface area is 166 Å². The molecule has 3 rings (SSSR count). The summed E-state index contributed by atoms with van der Waals surface area (Å²) in [6.07, 6.45) is 2.50. The predicted octanol–water partition coefficient (Wildman–Crippen LogP) is 4.70. The van der Waals surface area contributed by atoms with Crippen molar-refractivity contribution in [2.75, 3.05) is 5.75 Å². The van der Waals surface area contributed by atoms with E-state index in [2.05, 4.69) is 27.6 Å². The highest BCUT2D eigenvalue weighted by molar-refractivity contribution is 7.99. The third-order valence-electron chi connectivity index (χ3n) is 3.95. The second kappa shape index (κ2) is 8.29. The summed E-state index contributed by atoms with van der Waals surface area (Å²) in [5.74, 6) is 0.167. The van der Waals surface area contributed by atoms with Gasteiger partial charge in [-0.3, -0.25) is 9.20 Å². The lowest BCUT2D eigenvalue weighted by Gasteiger charge is -2.17. The van der Waals surface area contributed by atoms with Crippen LogP contribution in [0.3, 0.4) is 0 Å². The van der Waals surface area contributed by atoms with Gasteiger partial charge >= 0.3 is 0 Å². The zero-order valence-corrected chi connectivity index (χ0v) is 16.7. The van der Waals surface area contributed by atoms with E-state index < -0.39 is 0 Å². The number of fused-ring (bicyclic) bond motifs is 1. The van der Waals surface area contributed by atoms with Crippen LogP contribution in [0.4, 0.5) is 0 Å². The lowest BCUT2D eigenvalue weighted by molar-refractivity contribution is -0.119. The van der Waals surface area contributed by atoms with E-state index in [0.717, 1.165) is 12.0 Å². The molecule has 1 amide bonds. The molecule has 3 aromatic rings. The van der Waals surface area contributed by atoms with Gasteiger partial charge in [0, 0.05) is 6.20 Å². The van der Waals surface area contributed by atoms with Gasteiger partial charge in [-0.2, -0.15) is 0 Å². The molecule has 2 aromatic heterocycles. The Morgan fingerprint density at radius 1 is 1.27 bits per heavy atom. The first kappa shape index (κ1) is 19.0. The molecule has 8 heteroatoms. The van der Waals surface area contributed by atoms with Crippen LogP contribution in [-0.4, -0.2) is 26.3 Å². The van der Waals surface area contributed by atoms with Crippen molar-refractivity contribution in [1.82, 2.24) is 19.9 Å². The number of halogens is 2. The van der Waals surface area contributed by atoms with Crippen molar-refractivity contribution in [2.24, 2.45) is 0 Å². The van der Waals surface area contributed by atoms with Crippen molar-refractivity contribution < 1.29 is 4.79 Å². The van der Waals surface area contributed by atoms with Crippen molar-refractivity contribution in [3.8, 4) is 0 Å². The predicted molar refractivity (Wildman–Crippen MR) is 106 cm³/mol. The minimum Gasteiger partial charge on any atom is -0.349 e. The Balaban J connectivity index is 1.66. The Hall–Kier alpha value is -1.76. The summed E-state index contributed by atoms with van der Waals surface area (Å²) >= 11 is 13.4. The molecule has 0 unspecified atom stereocenters. The lowest BCUT2D eigenvalue weighted by Crippen LogP contribution is -2.29. The van der Waals surface area contributed by atoms with Crippen molar-refractivity contribution in [3.63, 3.8) is 0 Å². The van der Waals surface area contributed by atoms with Gasteiger partial charge in [0.2, 0.25) is 5.91 Å². The molecule has 0 saturated heterocycles. The number of aromatic nitrogens is 3. The van der Waals surface area contributed by atoms with E-state index >= 15 is 0 Å². The molecule has 2 heterocycles. The summed E-state index contributed by atoms with van der Waals surface area (Å²) in [4.78, 5) is 12.4. The highest BCUT2D eigenvalue weighted by atomic mass is 35.5. The number of benzene rings is 1. The summed E-state index contributed by atoms with van der Waals surface area (Å²) in [5.41, 5.74) is 2.81. The molecule has 0 saturated carbocycles. The van der Waals surface area contributed by atoms with E-state index in [9.17, 15) is 4.79 Å². The number of nitrogens with one attached hydrogen (secondary N) is 1. The van der Waals surface area contributed by atoms with Gasteiger partial charge in [-0.25, -0.2) is 0 Å². The first-order valence-corrected chi connectivity index (χ1v) is 9.90. The maximum absolute atomic E-state index is 12.4. The largest absolute Gasteiger partial charge is 0.349 e. The second-order valence-corrected chi connectivity index (χ2v) is 7.70. The number of rotatable bonds is 6. The van der Waals surface area contributed by atoms with E-state index in [1.807, 2.05) is 26.0 Å². The average molecular weight is 409 g/mol. The van der Waals surface area contributed by atoms with Crippen LogP contribution in [0, 0.1) is 6.92 Å². The van der Waals surface area contributed by atoms with Crippen molar-refractivity contribution >= 4 is 46.5 Å². The molecule has 0 aliphatic heterocycles. The number of aryl methyl sites for hydroxylation is 1. The Kier molecular flexibility index (Phi) is 6.06. The highest BCUT2D eigenvalue weighted by Gasteiger charge is 2.15. The lowest BCUT2D eigenvalue weighted by atomic mass is 10.0. The van der Waals surface area contributed by atoms with Gasteiger partial charge in [-0.05, 0) is 25.0 Å². The van der Waals surface area contributed by atoms with Crippen LogP contribution in [0.1, 0.15) is 30.5 Å². The quantitative estimate of drug-likeness (QED) is 0.600. The molecule has 1 atom stereocenters. The van der Waals surface area contributed by atoms with E-state index in [1.54, 1.807) is 16.7 Å². The van der Waals surface area contributed by atoms with Gasteiger partial charge in [0.15, 0.2) is 10.8 Å². The fraction of sp³-hybridized carbons (Fsp3) is 0.278. The molecule has 26 heavy (non-hydrogen) atoms. The van der Waals surface area contributed by atoms with Crippen molar-refractivity contribution in [1.29, 1.82) is 0 Å². The molecule has 5 nitrogen and oxygen atoms in total. The van der Waals surface area contributed by atoms with Gasteiger partial charge in [-0.1, -0.05) is 71.7 Å². The molecule has 0 aliphatic rings. The molecule has 1 aromatic carbocycles. The maximum atomic E-state index is 12.4.